The van der Waals surface area contributed by atoms with Crippen molar-refractivity contribution in [3.8, 4) is 0 Å². The number of hydrogen-bond donors (Lipinski definition) is 0. The van der Waals surface area contributed by atoms with Gasteiger partial charge in [-0.3, -0.25) is 0 Å². The van der Waals surface area contributed by atoms with E-state index in [1.165, 1.54) is 0 Å². The molecule has 35 heavy (non-hydrogen) atoms. The molecule has 172 valence electrons. The van der Waals surface area contributed by atoms with Crippen molar-refractivity contribution in [2.24, 2.45) is 0 Å². The minimum Gasteiger partial charge on any atom is -0.309 e. The first-order valence-corrected chi connectivity index (χ1v) is 14.8. The van der Waals surface area contributed by atoms with Gasteiger partial charge in [0.15, 0.2) is 7.14 Å². The van der Waals surface area contributed by atoms with Crippen LogP contribution in [0.25, 0.3) is 10.8 Å². The Labute approximate surface area is 205 Å². The van der Waals surface area contributed by atoms with E-state index in [4.69, 9.17) is 0 Å². The Morgan fingerprint density at radius 3 is 1.51 bits per heavy atom. The molecule has 0 saturated heterocycles. The quantitative estimate of drug-likeness (QED) is 0.307. The lowest BCUT2D eigenvalue weighted by Crippen LogP contribution is -2.33. The number of hydrogen-bond acceptors (Lipinski definition) is 3. The molecule has 1 aliphatic rings. The lowest BCUT2D eigenvalue weighted by molar-refractivity contribution is 0.590. The topological polar surface area (TPSA) is 51.2 Å². The van der Waals surface area contributed by atoms with Crippen molar-refractivity contribution in [2.45, 2.75) is 22.6 Å². The maximum absolute atomic E-state index is 15.3. The predicted octanol–water partition coefficient (Wildman–Crippen LogP) is 5.41. The summed E-state index contributed by atoms with van der Waals surface area (Å²) in [7, 11) is -7.02. The fourth-order valence-corrected chi connectivity index (χ4v) is 10.1. The van der Waals surface area contributed by atoms with Crippen LogP contribution in [0.4, 0.5) is 0 Å². The lowest BCUT2D eigenvalue weighted by atomic mass is 9.86. The second-order valence-corrected chi connectivity index (χ2v) is 13.4. The molecule has 0 unspecified atom stereocenters. The van der Waals surface area contributed by atoms with Gasteiger partial charge in [0.05, 0.1) is 9.79 Å². The van der Waals surface area contributed by atoms with Gasteiger partial charge >= 0.3 is 0 Å². The van der Waals surface area contributed by atoms with Gasteiger partial charge in [-0.2, -0.15) is 0 Å². The summed E-state index contributed by atoms with van der Waals surface area (Å²) in [5.41, 5.74) is 1.71. The van der Waals surface area contributed by atoms with E-state index in [0.717, 1.165) is 32.4 Å². The zero-order valence-corrected chi connectivity index (χ0v) is 20.7. The first-order chi connectivity index (χ1) is 17.0. The van der Waals surface area contributed by atoms with Crippen molar-refractivity contribution in [3.05, 3.63) is 126 Å². The molecule has 0 atom stereocenters. The zero-order valence-electron chi connectivity index (χ0n) is 19.0. The molecule has 5 heteroatoms. The highest BCUT2D eigenvalue weighted by atomic mass is 32.2. The van der Waals surface area contributed by atoms with E-state index in [0.29, 0.717) is 23.1 Å². The zero-order chi connectivity index (χ0) is 24.0. The molecule has 0 saturated carbocycles. The largest absolute Gasteiger partial charge is 0.309 e. The van der Waals surface area contributed by atoms with Crippen LogP contribution in [0.2, 0.25) is 0 Å². The molecule has 1 aliphatic carbocycles. The van der Waals surface area contributed by atoms with E-state index < -0.39 is 17.0 Å². The van der Waals surface area contributed by atoms with Crippen molar-refractivity contribution >= 4 is 43.7 Å². The molecule has 0 aromatic heterocycles. The van der Waals surface area contributed by atoms with Crippen LogP contribution in [0.1, 0.15) is 11.1 Å². The maximum Gasteiger partial charge on any atom is 0.207 e. The maximum atomic E-state index is 15.3. The Balaban J connectivity index is 1.74. The normalized spacial score (nSPS) is 13.3. The van der Waals surface area contributed by atoms with Gasteiger partial charge in [0.25, 0.3) is 0 Å². The van der Waals surface area contributed by atoms with Gasteiger partial charge in [-0.15, -0.1) is 0 Å². The minimum atomic E-state index is -3.75. The van der Waals surface area contributed by atoms with E-state index in [-0.39, 0.29) is 4.90 Å². The summed E-state index contributed by atoms with van der Waals surface area (Å²) in [6.45, 7) is 0. The molecule has 0 amide bonds. The molecule has 3 nitrogen and oxygen atoms in total. The summed E-state index contributed by atoms with van der Waals surface area (Å²) in [6, 6.07) is 35.3. The molecular weight excluding hydrogens is 471 g/mol. The van der Waals surface area contributed by atoms with E-state index in [9.17, 15) is 8.42 Å². The van der Waals surface area contributed by atoms with Gasteiger partial charge in [-0.05, 0) is 41.5 Å². The van der Waals surface area contributed by atoms with Gasteiger partial charge in [0, 0.05) is 21.3 Å². The summed E-state index contributed by atoms with van der Waals surface area (Å²) in [4.78, 5) is 0.637. The minimum absolute atomic E-state index is 0.279. The smallest absolute Gasteiger partial charge is 0.207 e. The lowest BCUT2D eigenvalue weighted by Gasteiger charge is -2.32. The van der Waals surface area contributed by atoms with Crippen LogP contribution < -0.4 is 15.9 Å². The van der Waals surface area contributed by atoms with Crippen LogP contribution >= 0.6 is 7.14 Å². The summed E-state index contributed by atoms with van der Waals surface area (Å²) >= 11 is 0. The van der Waals surface area contributed by atoms with Gasteiger partial charge < -0.3 is 4.57 Å². The second kappa shape index (κ2) is 8.34. The average molecular weight is 495 g/mol. The highest BCUT2D eigenvalue weighted by Crippen LogP contribution is 2.50. The van der Waals surface area contributed by atoms with Crippen LogP contribution in [0, 0.1) is 0 Å². The second-order valence-electron chi connectivity index (χ2n) is 8.78. The highest BCUT2D eigenvalue weighted by molar-refractivity contribution is 7.92. The summed E-state index contributed by atoms with van der Waals surface area (Å²) in [5, 5.41) is 3.67. The fourth-order valence-electron chi connectivity index (χ4n) is 5.17. The molecular formula is C30H23O3PS. The van der Waals surface area contributed by atoms with Crippen LogP contribution in [0.3, 0.4) is 0 Å². The Hall–Kier alpha value is -3.46. The molecule has 5 aromatic rings. The average Bonchev–Trinajstić information content (AvgIpc) is 2.90. The van der Waals surface area contributed by atoms with Crippen LogP contribution in [0.15, 0.2) is 125 Å². The standard InChI is InChI=1S/C30H23O3PS/c31-34(22-12-4-1-5-13-22,23-14-6-2-7-15-23)29-25-18-10-11-19-27(25)30(28-21-20-26(28)29)35(32,33)24-16-8-3-9-17-24/h1-19H,20-21H2. The van der Waals surface area contributed by atoms with Crippen molar-refractivity contribution in [3.63, 3.8) is 0 Å². The summed E-state index contributed by atoms with van der Waals surface area (Å²) < 4.78 is 43.1. The molecule has 6 rings (SSSR count). The first-order valence-electron chi connectivity index (χ1n) is 11.6. The van der Waals surface area contributed by atoms with Crippen LogP contribution in [-0.2, 0) is 27.2 Å². The molecule has 0 fully saturated rings. The predicted molar refractivity (Wildman–Crippen MR) is 143 cm³/mol. The SMILES string of the molecule is O=P(c1ccccc1)(c1ccccc1)c1c2c(c(S(=O)(=O)c3ccccc3)c3ccccc13)CC2. The van der Waals surface area contributed by atoms with Crippen LogP contribution in [-0.4, -0.2) is 8.42 Å². The molecule has 0 spiro atoms. The fraction of sp³-hybridized carbons (Fsp3) is 0.0667. The first kappa shape index (κ1) is 22.0. The third kappa shape index (κ3) is 3.32. The third-order valence-corrected chi connectivity index (χ3v) is 11.9. The Kier molecular flexibility index (Phi) is 5.25. The molecule has 0 N–H and O–H groups in total. The van der Waals surface area contributed by atoms with Crippen molar-refractivity contribution < 1.29 is 13.0 Å². The third-order valence-electron chi connectivity index (χ3n) is 6.85. The monoisotopic (exact) mass is 494 g/mol. The summed E-state index contributed by atoms with van der Waals surface area (Å²) in [6.07, 6.45) is 1.36. The number of benzene rings is 5. The van der Waals surface area contributed by atoms with Gasteiger partial charge in [-0.25, -0.2) is 8.42 Å². The number of rotatable bonds is 5. The molecule has 0 aliphatic heterocycles. The van der Waals surface area contributed by atoms with Gasteiger partial charge in [-0.1, -0.05) is 103 Å². The summed E-state index contributed by atoms with van der Waals surface area (Å²) in [5.74, 6) is 0. The Morgan fingerprint density at radius 2 is 1.00 bits per heavy atom. The highest BCUT2D eigenvalue weighted by Gasteiger charge is 2.40. The molecule has 0 heterocycles. The molecule has 0 radical (unpaired) electrons. The van der Waals surface area contributed by atoms with Gasteiger partial charge in [0.1, 0.15) is 0 Å². The Morgan fingerprint density at radius 1 is 0.543 bits per heavy atom. The van der Waals surface area contributed by atoms with Crippen LogP contribution in [0.5, 0.6) is 0 Å². The number of fused-ring (bicyclic) bond motifs is 2. The van der Waals surface area contributed by atoms with Crippen molar-refractivity contribution in [1.29, 1.82) is 0 Å². The van der Waals surface area contributed by atoms with E-state index in [2.05, 4.69) is 0 Å². The Bertz CT molecular complexity index is 1670. The van der Waals surface area contributed by atoms with E-state index in [1.807, 2.05) is 91.0 Å². The van der Waals surface area contributed by atoms with E-state index >= 15 is 4.57 Å². The van der Waals surface area contributed by atoms with Crippen molar-refractivity contribution in [1.82, 2.24) is 0 Å². The molecule has 5 aromatic carbocycles. The number of sulfone groups is 1. The van der Waals surface area contributed by atoms with Crippen molar-refractivity contribution in [2.75, 3.05) is 0 Å². The van der Waals surface area contributed by atoms with Gasteiger partial charge in [0.2, 0.25) is 9.84 Å². The molecule has 0 bridgehead atoms. The van der Waals surface area contributed by atoms with E-state index in [1.54, 1.807) is 24.3 Å².